The Labute approximate surface area is 387 Å². The lowest BCUT2D eigenvalue weighted by Gasteiger charge is -2.30. The van der Waals surface area contributed by atoms with Crippen molar-refractivity contribution < 1.29 is 8.83 Å². The minimum Gasteiger partial charge on any atom is -0.457 e. The van der Waals surface area contributed by atoms with Gasteiger partial charge >= 0.3 is 0 Å². The lowest BCUT2D eigenvalue weighted by atomic mass is 9.57. The molecular formula is C38H44B22O2. The Hall–Kier alpha value is -3.91. The van der Waals surface area contributed by atoms with E-state index in [-0.39, 0.29) is 0 Å². The molecule has 62 heavy (non-hydrogen) atoms. The molecule has 0 atom stereocenters. The summed E-state index contributed by atoms with van der Waals surface area (Å²) in [4.78, 5) is 0. The molecule has 0 aliphatic carbocycles. The van der Waals surface area contributed by atoms with Crippen molar-refractivity contribution in [3.8, 4) is 22.3 Å². The summed E-state index contributed by atoms with van der Waals surface area (Å²) in [5.41, 5.74) is 38.3. The first-order valence-corrected chi connectivity index (χ1v) is 22.8. The molecule has 0 spiro atoms. The molecule has 0 radical (unpaired) electrons. The van der Waals surface area contributed by atoms with Crippen LogP contribution in [0.2, 0.25) is 0 Å². The summed E-state index contributed by atoms with van der Waals surface area (Å²) in [5, 5.41) is 10.4. The van der Waals surface area contributed by atoms with Crippen molar-refractivity contribution >= 4 is 358 Å². The van der Waals surface area contributed by atoms with Gasteiger partial charge in [-0.05, 0) is 43.7 Å². The van der Waals surface area contributed by atoms with Crippen LogP contribution in [-0.4, -0.2) is 173 Å². The van der Waals surface area contributed by atoms with Crippen molar-refractivity contribution in [1.82, 2.24) is 0 Å². The van der Waals surface area contributed by atoms with Crippen LogP contribution in [0.1, 0.15) is 0 Å². The minimum absolute atomic E-state index is 1.01. The lowest BCUT2D eigenvalue weighted by Crippen LogP contribution is -2.50. The quantitative estimate of drug-likeness (QED) is 0.129. The summed E-state index contributed by atoms with van der Waals surface area (Å²) in [5.74, 6) is 0. The second-order valence-electron chi connectivity index (χ2n) is 19.8. The van der Waals surface area contributed by atoms with Crippen LogP contribution in [0.5, 0.6) is 0 Å². The first kappa shape index (κ1) is 43.3. The Kier molecular flexibility index (Phi) is 9.99. The van der Waals surface area contributed by atoms with E-state index in [2.05, 4.69) is 173 Å². The number of hydrogen-bond donors (Lipinski definition) is 0. The molecule has 2 aromatic heterocycles. The third-order valence-electron chi connectivity index (χ3n) is 17.6. The van der Waals surface area contributed by atoms with Gasteiger partial charge in [0, 0.05) is 27.1 Å². The van der Waals surface area contributed by atoms with Crippen LogP contribution in [0, 0.1) is 0 Å². The third kappa shape index (κ3) is 5.25. The number of rotatable bonds is 2. The molecule has 2 nitrogen and oxygen atoms in total. The van der Waals surface area contributed by atoms with Crippen molar-refractivity contribution in [1.29, 1.82) is 0 Å². The van der Waals surface area contributed by atoms with Crippen LogP contribution in [0.4, 0.5) is 0 Å². The number of fused-ring (bicyclic) bond motifs is 8. The van der Waals surface area contributed by atoms with E-state index in [9.17, 15) is 0 Å². The molecule has 9 aromatic rings. The zero-order valence-corrected chi connectivity index (χ0v) is 41.8. The Morgan fingerprint density at radius 3 is 0.710 bits per heavy atom. The van der Waals surface area contributed by atoms with E-state index < -0.39 is 0 Å². The second-order valence-corrected chi connectivity index (χ2v) is 19.8. The van der Waals surface area contributed by atoms with Crippen LogP contribution >= 0.6 is 0 Å². The highest BCUT2D eigenvalue weighted by Crippen LogP contribution is 2.42. The first-order chi connectivity index (χ1) is 29.0. The maximum atomic E-state index is 7.42. The molecule has 2 heterocycles. The molecule has 0 fully saturated rings. The summed E-state index contributed by atoms with van der Waals surface area (Å²) in [7, 11) is 51.0. The Morgan fingerprint density at radius 2 is 0.355 bits per heavy atom. The molecule has 0 amide bonds. The van der Waals surface area contributed by atoms with E-state index in [0.717, 1.165) is 22.3 Å². The lowest BCUT2D eigenvalue weighted by molar-refractivity contribution is 0.673. The van der Waals surface area contributed by atoms with Gasteiger partial charge in [-0.1, -0.05) is 81.9 Å². The molecule has 7 aromatic carbocycles. The van der Waals surface area contributed by atoms with E-state index in [1.807, 2.05) is 0 Å². The monoisotopic (exact) mass is 775 g/mol. The van der Waals surface area contributed by atoms with Gasteiger partial charge in [0.1, 0.15) is 195 Å². The SMILES string of the molecule is Bc1c(B)c(B)c2c(oc3c(B)c(-c4c5c(B)c(B)c(B)c(B)c5c(-c5c(B)c(B)c(B)c6c5oc5c(B)c(B)c(B)c(B)c56)c5c(B)c(B)c(B)c(B)c45)c(B)c(B)c32)c1B. The van der Waals surface area contributed by atoms with E-state index in [4.69, 9.17) is 8.83 Å². The topological polar surface area (TPSA) is 26.3 Å². The fraction of sp³-hybridized carbons (Fsp3) is 0. The van der Waals surface area contributed by atoms with Gasteiger partial charge in [0.15, 0.2) is 0 Å². The molecule has 274 valence electrons. The molecular weight excluding hydrogens is 726 g/mol. The molecule has 0 aliphatic heterocycles. The molecule has 0 saturated carbocycles. The van der Waals surface area contributed by atoms with E-state index in [1.165, 1.54) is 186 Å². The number of hydrogen-bond acceptors (Lipinski definition) is 2. The highest BCUT2D eigenvalue weighted by Gasteiger charge is 2.32. The summed E-state index contributed by atoms with van der Waals surface area (Å²) in [6, 6.07) is 0. The van der Waals surface area contributed by atoms with Crippen molar-refractivity contribution in [2.24, 2.45) is 0 Å². The maximum Gasteiger partial charge on any atom is 0.145 e. The Bertz CT molecular complexity index is 3580. The van der Waals surface area contributed by atoms with E-state index in [1.54, 1.807) is 0 Å². The van der Waals surface area contributed by atoms with Gasteiger partial charge in [0.25, 0.3) is 0 Å². The minimum atomic E-state index is 1.01. The van der Waals surface area contributed by atoms with Crippen LogP contribution < -0.4 is 120 Å². The van der Waals surface area contributed by atoms with Gasteiger partial charge in [-0.2, -0.15) is 0 Å². The zero-order valence-electron chi connectivity index (χ0n) is 41.8. The molecule has 0 bridgehead atoms. The molecule has 0 aliphatic rings. The molecule has 0 saturated heterocycles. The molecule has 0 unspecified atom stereocenters. The molecule has 0 N–H and O–H groups in total. The van der Waals surface area contributed by atoms with Crippen molar-refractivity contribution in [2.45, 2.75) is 0 Å². The second kappa shape index (κ2) is 14.3. The van der Waals surface area contributed by atoms with E-state index in [0.29, 0.717) is 0 Å². The predicted molar refractivity (Wildman–Crippen MR) is 347 cm³/mol. The number of furan rings is 2. The standard InChI is InChI=1S/C38H44B22O2/c39-13-3-1(7-17(43)18(44)11-12-22(48)30(56)32(58)34(60)38(12)62-36(11)23(7)49)4-6(16(42)28(54)26(52)14(4)40)2(5(3)15(41)27(53)25(13)51)8-19(45)24(50)20(46)9-10-21(47)29(55)31(57)33(59)37(10)61-35(8)9/h39-60H2. The summed E-state index contributed by atoms with van der Waals surface area (Å²) in [6.07, 6.45) is 0. The Balaban J connectivity index is 1.63. The Morgan fingerprint density at radius 1 is 0.145 bits per heavy atom. The number of benzene rings is 7. The summed E-state index contributed by atoms with van der Waals surface area (Å²) < 4.78 is 14.6. The largest absolute Gasteiger partial charge is 0.457 e. The van der Waals surface area contributed by atoms with Crippen molar-refractivity contribution in [3.05, 3.63) is 0 Å². The van der Waals surface area contributed by atoms with Crippen molar-refractivity contribution in [3.63, 3.8) is 0 Å². The van der Waals surface area contributed by atoms with Crippen LogP contribution in [0.25, 0.3) is 87.7 Å². The normalized spacial score (nSPS) is 12.0. The first-order valence-electron chi connectivity index (χ1n) is 22.8. The highest BCUT2D eigenvalue weighted by atomic mass is 16.3. The average molecular weight is 771 g/mol. The van der Waals surface area contributed by atoms with E-state index >= 15 is 0 Å². The fourth-order valence-electron chi connectivity index (χ4n) is 12.0. The zero-order chi connectivity index (χ0) is 45.4. The maximum absolute atomic E-state index is 7.42. The van der Waals surface area contributed by atoms with Gasteiger partial charge in [0.05, 0.1) is 0 Å². The smallest absolute Gasteiger partial charge is 0.145 e. The highest BCUT2D eigenvalue weighted by molar-refractivity contribution is 6.75. The van der Waals surface area contributed by atoms with Gasteiger partial charge in [0.2, 0.25) is 0 Å². The molecule has 9 rings (SSSR count). The summed E-state index contributed by atoms with van der Waals surface area (Å²) in [6.45, 7) is 0. The van der Waals surface area contributed by atoms with Gasteiger partial charge < -0.3 is 8.83 Å². The van der Waals surface area contributed by atoms with Gasteiger partial charge in [-0.15, -0.1) is 32.8 Å². The van der Waals surface area contributed by atoms with Gasteiger partial charge in [-0.25, -0.2) is 0 Å². The van der Waals surface area contributed by atoms with Crippen molar-refractivity contribution in [2.75, 3.05) is 0 Å². The summed E-state index contributed by atoms with van der Waals surface area (Å²) >= 11 is 0. The molecule has 24 heteroatoms. The predicted octanol–water partition coefficient (Wildman–Crippen LogP) is -27.2. The van der Waals surface area contributed by atoms with Gasteiger partial charge in [-0.3, -0.25) is 0 Å². The van der Waals surface area contributed by atoms with Crippen LogP contribution in [0.15, 0.2) is 8.83 Å². The third-order valence-corrected chi connectivity index (χ3v) is 17.6. The fourth-order valence-corrected chi connectivity index (χ4v) is 12.0. The average Bonchev–Trinajstić information content (AvgIpc) is 3.85. The van der Waals surface area contributed by atoms with Crippen LogP contribution in [-0.2, 0) is 0 Å². The van der Waals surface area contributed by atoms with Crippen LogP contribution in [0.3, 0.4) is 0 Å².